The van der Waals surface area contributed by atoms with Gasteiger partial charge in [-0.3, -0.25) is 9.59 Å². The zero-order chi connectivity index (χ0) is 25.2. The molecule has 8 nitrogen and oxygen atoms in total. The van der Waals surface area contributed by atoms with Crippen molar-refractivity contribution in [3.8, 4) is 0 Å². The molecular weight excluding hydrogens is 500 g/mol. The maximum Gasteiger partial charge on any atom is 0.252 e. The molecule has 1 aliphatic rings. The highest BCUT2D eigenvalue weighted by molar-refractivity contribution is 7.91. The first kappa shape index (κ1) is 25.1. The fraction of sp³-hybridized carbons (Fsp3) is 0.348. The molecule has 4 rings (SSSR count). The highest BCUT2D eigenvalue weighted by Crippen LogP contribution is 2.29. The number of hydrogen-bond acceptors (Lipinski definition) is 7. The van der Waals surface area contributed by atoms with Crippen LogP contribution in [-0.4, -0.2) is 37.1 Å². The van der Waals surface area contributed by atoms with Crippen molar-refractivity contribution >= 4 is 32.2 Å². The van der Waals surface area contributed by atoms with Crippen molar-refractivity contribution in [3.05, 3.63) is 69.6 Å². The molecule has 0 unspecified atom stereocenters. The predicted molar refractivity (Wildman–Crippen MR) is 125 cm³/mol. The molecule has 1 amide bonds. The number of rotatable bonds is 7. The first-order valence-electron chi connectivity index (χ1n) is 10.9. The molecule has 2 aromatic heterocycles. The third-order valence-electron chi connectivity index (χ3n) is 5.87. The first-order chi connectivity index (χ1) is 16.6. The molecule has 3 aromatic rings. The van der Waals surface area contributed by atoms with E-state index in [0.717, 1.165) is 24.4 Å². The molecule has 1 fully saturated rings. The molecule has 0 aliphatic carbocycles. The number of aromatic nitrogens is 2. The number of benzene rings is 1. The number of aryl methyl sites for hydroxylation is 1. The van der Waals surface area contributed by atoms with Crippen LogP contribution in [0.2, 0.25) is 0 Å². The first-order valence-corrected chi connectivity index (χ1v) is 13.2. The van der Waals surface area contributed by atoms with Crippen LogP contribution in [0.4, 0.5) is 13.9 Å². The van der Waals surface area contributed by atoms with E-state index >= 15 is 0 Å². The van der Waals surface area contributed by atoms with Gasteiger partial charge in [-0.25, -0.2) is 17.8 Å². The van der Waals surface area contributed by atoms with Crippen molar-refractivity contribution in [2.45, 2.75) is 42.0 Å². The van der Waals surface area contributed by atoms with Crippen molar-refractivity contribution in [1.82, 2.24) is 9.55 Å². The number of sulfone groups is 1. The van der Waals surface area contributed by atoms with Crippen LogP contribution in [0.3, 0.4) is 0 Å². The van der Waals surface area contributed by atoms with Crippen LogP contribution in [0.1, 0.15) is 31.0 Å². The minimum atomic E-state index is -4.16. The predicted octanol–water partition coefficient (Wildman–Crippen LogP) is 3.72. The van der Waals surface area contributed by atoms with Crippen LogP contribution >= 0.6 is 11.3 Å². The average molecular weight is 524 g/mol. The molecule has 1 saturated heterocycles. The molecule has 1 aliphatic heterocycles. The summed E-state index contributed by atoms with van der Waals surface area (Å²) < 4.78 is 59.7. The van der Waals surface area contributed by atoms with Gasteiger partial charge in [-0.05, 0) is 56.4 Å². The lowest BCUT2D eigenvalue weighted by atomic mass is 9.91. The summed E-state index contributed by atoms with van der Waals surface area (Å²) in [5.41, 5.74) is -0.456. The van der Waals surface area contributed by atoms with Gasteiger partial charge in [0, 0.05) is 25.0 Å². The Balaban J connectivity index is 1.72. The van der Waals surface area contributed by atoms with Crippen LogP contribution in [0.15, 0.2) is 57.2 Å². The molecule has 0 spiro atoms. The van der Waals surface area contributed by atoms with Crippen LogP contribution in [-0.2, 0) is 19.4 Å². The van der Waals surface area contributed by atoms with Gasteiger partial charge >= 0.3 is 0 Å². The highest BCUT2D eigenvalue weighted by Gasteiger charge is 2.30. The molecule has 0 bridgehead atoms. The summed E-state index contributed by atoms with van der Waals surface area (Å²) in [7, 11) is -4.16. The number of thiazole rings is 1. The topological polar surface area (TPSA) is 107 Å². The van der Waals surface area contributed by atoms with Crippen LogP contribution in [0, 0.1) is 23.8 Å². The lowest BCUT2D eigenvalue weighted by molar-refractivity contribution is -0.120. The van der Waals surface area contributed by atoms with Crippen LogP contribution < -0.4 is 10.9 Å². The second-order valence-electron chi connectivity index (χ2n) is 8.27. The summed E-state index contributed by atoms with van der Waals surface area (Å²) in [5.74, 6) is -1.19. The SMILES string of the molecule is Cc1cc(S(=O)(=O)c2cccc(F)c2)cc(=O)n1[C@@H](CC1CCOCC1)C(=O)Nc1ncc(F)s1. The minimum absolute atomic E-state index is 0.0560. The number of carbonyl (C=O) groups excluding carboxylic acids is 1. The Hall–Kier alpha value is -2.96. The Morgan fingerprint density at radius 1 is 1.23 bits per heavy atom. The maximum atomic E-state index is 13.6. The molecule has 0 radical (unpaired) electrons. The largest absolute Gasteiger partial charge is 0.381 e. The van der Waals surface area contributed by atoms with E-state index in [1.165, 1.54) is 29.7 Å². The van der Waals surface area contributed by atoms with Crippen molar-refractivity contribution in [2.75, 3.05) is 18.5 Å². The molecule has 35 heavy (non-hydrogen) atoms. The van der Waals surface area contributed by atoms with Gasteiger partial charge in [0.15, 0.2) is 10.3 Å². The van der Waals surface area contributed by atoms with Gasteiger partial charge in [0.05, 0.1) is 16.0 Å². The molecule has 1 N–H and O–H groups in total. The third kappa shape index (κ3) is 5.65. The Kier molecular flexibility index (Phi) is 7.43. The zero-order valence-electron chi connectivity index (χ0n) is 18.7. The fourth-order valence-electron chi connectivity index (χ4n) is 4.14. The fourth-order valence-corrected chi connectivity index (χ4v) is 6.06. The van der Waals surface area contributed by atoms with Crippen molar-refractivity contribution < 1.29 is 26.7 Å². The lowest BCUT2D eigenvalue weighted by Gasteiger charge is -2.28. The summed E-state index contributed by atoms with van der Waals surface area (Å²) >= 11 is 0.661. The standard InChI is InChI=1S/C23H23F2N3O5S2/c1-14-9-18(35(31,32)17-4-2-3-16(24)11-17)12-21(29)28(14)19(10-15-5-7-33-8-6-15)22(30)27-23-26-13-20(25)34-23/h2-4,9,11-13,15,19H,5-8,10H2,1H3,(H,26,27,30)/t19-/m0/s1. The van der Waals surface area contributed by atoms with E-state index < -0.39 is 38.3 Å². The monoisotopic (exact) mass is 523 g/mol. The lowest BCUT2D eigenvalue weighted by Crippen LogP contribution is -2.36. The molecule has 1 atom stereocenters. The minimum Gasteiger partial charge on any atom is -0.381 e. The second-order valence-corrected chi connectivity index (χ2v) is 11.2. The van der Waals surface area contributed by atoms with Crippen LogP contribution in [0.5, 0.6) is 0 Å². The van der Waals surface area contributed by atoms with E-state index in [1.54, 1.807) is 0 Å². The van der Waals surface area contributed by atoms with E-state index in [1.807, 2.05) is 0 Å². The summed E-state index contributed by atoms with van der Waals surface area (Å²) in [6, 6.07) is 5.75. The summed E-state index contributed by atoms with van der Waals surface area (Å²) in [6.45, 7) is 2.60. The van der Waals surface area contributed by atoms with Gasteiger partial charge in [0.2, 0.25) is 15.7 Å². The molecule has 3 heterocycles. The second kappa shape index (κ2) is 10.3. The van der Waals surface area contributed by atoms with Gasteiger partial charge in [-0.1, -0.05) is 17.4 Å². The molecular formula is C23H23F2N3O5S2. The molecule has 186 valence electrons. The number of pyridine rings is 1. The number of halogens is 2. The number of ether oxygens (including phenoxy) is 1. The molecule has 12 heteroatoms. The molecule has 1 aromatic carbocycles. The van der Waals surface area contributed by atoms with Gasteiger partial charge in [0.25, 0.3) is 5.56 Å². The van der Waals surface area contributed by atoms with E-state index in [4.69, 9.17) is 4.74 Å². The number of hydrogen-bond donors (Lipinski definition) is 1. The number of carbonyl (C=O) groups is 1. The highest BCUT2D eigenvalue weighted by atomic mass is 32.2. The maximum absolute atomic E-state index is 13.6. The van der Waals surface area contributed by atoms with Gasteiger partial charge in [0.1, 0.15) is 11.9 Å². The van der Waals surface area contributed by atoms with Crippen molar-refractivity contribution in [1.29, 1.82) is 0 Å². The number of anilines is 1. The van der Waals surface area contributed by atoms with E-state index in [9.17, 15) is 26.8 Å². The molecule has 0 saturated carbocycles. The van der Waals surface area contributed by atoms with Gasteiger partial charge in [-0.15, -0.1) is 0 Å². The Bertz CT molecular complexity index is 1400. The average Bonchev–Trinajstić information content (AvgIpc) is 3.22. The van der Waals surface area contributed by atoms with Gasteiger partial charge in [-0.2, -0.15) is 4.39 Å². The normalized spacial score (nSPS) is 15.6. The summed E-state index contributed by atoms with van der Waals surface area (Å²) in [4.78, 5) is 29.6. The van der Waals surface area contributed by atoms with Crippen LogP contribution in [0.25, 0.3) is 0 Å². The number of amides is 1. The Labute approximate surface area is 204 Å². The quantitative estimate of drug-likeness (QED) is 0.506. The number of nitrogens with one attached hydrogen (secondary N) is 1. The van der Waals surface area contributed by atoms with Crippen molar-refractivity contribution in [2.24, 2.45) is 5.92 Å². The zero-order valence-corrected chi connectivity index (χ0v) is 20.4. The van der Waals surface area contributed by atoms with E-state index in [0.29, 0.717) is 43.8 Å². The van der Waals surface area contributed by atoms with E-state index in [2.05, 4.69) is 10.3 Å². The number of nitrogens with zero attached hydrogens (tertiary/aromatic N) is 2. The smallest absolute Gasteiger partial charge is 0.252 e. The Morgan fingerprint density at radius 2 is 1.97 bits per heavy atom. The third-order valence-corrected chi connectivity index (χ3v) is 8.30. The Morgan fingerprint density at radius 3 is 2.60 bits per heavy atom. The summed E-state index contributed by atoms with van der Waals surface area (Å²) in [5, 5.41) is 2.05. The van der Waals surface area contributed by atoms with Gasteiger partial charge < -0.3 is 14.6 Å². The van der Waals surface area contributed by atoms with Crippen molar-refractivity contribution in [3.63, 3.8) is 0 Å². The summed E-state index contributed by atoms with van der Waals surface area (Å²) in [6.07, 6.45) is 2.70. The van der Waals surface area contributed by atoms with E-state index in [-0.39, 0.29) is 26.5 Å².